The lowest BCUT2D eigenvalue weighted by Gasteiger charge is -1.95. The molecule has 1 aromatic carbocycles. The molecule has 0 atom stereocenters. The third kappa shape index (κ3) is 2.81. The van der Waals surface area contributed by atoms with Crippen molar-refractivity contribution < 1.29 is 19.1 Å². The Morgan fingerprint density at radius 3 is 2.43 bits per heavy atom. The van der Waals surface area contributed by atoms with Gasteiger partial charge in [-0.2, -0.15) is 10.1 Å². The predicted molar refractivity (Wildman–Crippen MR) is 45.9 cm³/mol. The predicted octanol–water partition coefficient (Wildman–Crippen LogP) is 2.18. The van der Waals surface area contributed by atoms with Crippen LogP contribution in [0, 0.1) is 0 Å². The average molecular weight is 200 g/mol. The molecular formula is C8H6F2N2O2. The average Bonchev–Trinajstić information content (AvgIpc) is 2.25. The van der Waals surface area contributed by atoms with E-state index in [-0.39, 0.29) is 5.71 Å². The second-order valence-electron chi connectivity index (χ2n) is 2.22. The zero-order valence-electron chi connectivity index (χ0n) is 6.93. The summed E-state index contributed by atoms with van der Waals surface area (Å²) < 4.78 is 22.7. The van der Waals surface area contributed by atoms with Crippen molar-refractivity contribution in [3.05, 3.63) is 35.9 Å². The molecule has 0 fully saturated rings. The molecule has 14 heavy (non-hydrogen) atoms. The molecule has 0 aromatic heterocycles. The van der Waals surface area contributed by atoms with Crippen LogP contribution in [0.1, 0.15) is 5.56 Å². The van der Waals surface area contributed by atoms with Crippen LogP contribution >= 0.6 is 0 Å². The molecule has 0 radical (unpaired) electrons. The minimum absolute atomic E-state index is 0.00532. The van der Waals surface area contributed by atoms with Gasteiger partial charge in [0.15, 0.2) is 0 Å². The Morgan fingerprint density at radius 2 is 1.86 bits per heavy atom. The van der Waals surface area contributed by atoms with Crippen LogP contribution in [0.4, 0.5) is 9.05 Å². The molecule has 0 aliphatic carbocycles. The SMILES string of the molecule is FON=CC(=NOF)c1ccccc1. The second-order valence-corrected chi connectivity index (χ2v) is 2.22. The van der Waals surface area contributed by atoms with Gasteiger partial charge in [0, 0.05) is 14.6 Å². The molecule has 0 N–H and O–H groups in total. The van der Waals surface area contributed by atoms with Crippen LogP contribution in [0.25, 0.3) is 0 Å². The van der Waals surface area contributed by atoms with Crippen molar-refractivity contribution in [2.75, 3.05) is 0 Å². The zero-order chi connectivity index (χ0) is 10.2. The van der Waals surface area contributed by atoms with E-state index in [1.807, 2.05) is 0 Å². The van der Waals surface area contributed by atoms with E-state index in [2.05, 4.69) is 20.4 Å². The van der Waals surface area contributed by atoms with E-state index in [1.54, 1.807) is 30.3 Å². The topological polar surface area (TPSA) is 43.2 Å². The molecule has 6 heteroatoms. The van der Waals surface area contributed by atoms with E-state index in [0.717, 1.165) is 6.21 Å². The number of halogens is 2. The molecule has 0 saturated carbocycles. The molecule has 74 valence electrons. The minimum Gasteiger partial charge on any atom is -0.174 e. The Hall–Kier alpha value is -1.98. The van der Waals surface area contributed by atoms with Gasteiger partial charge in [0.05, 0.1) is 0 Å². The number of nitrogens with zero attached hydrogens (tertiary/aromatic N) is 2. The normalized spacial score (nSPS) is 11.7. The van der Waals surface area contributed by atoms with E-state index < -0.39 is 0 Å². The molecule has 0 spiro atoms. The Morgan fingerprint density at radius 1 is 1.14 bits per heavy atom. The number of oxime groups is 2. The standard InChI is InChI=1S/C8H6F2N2O2/c9-13-11-6-8(12-14-10)7-4-2-1-3-5-7/h1-6H. The van der Waals surface area contributed by atoms with Gasteiger partial charge in [-0.3, -0.25) is 0 Å². The summed E-state index contributed by atoms with van der Waals surface area (Å²) in [5, 5.41) is 11.8. The Kier molecular flexibility index (Phi) is 4.06. The summed E-state index contributed by atoms with van der Waals surface area (Å²) >= 11 is 0. The van der Waals surface area contributed by atoms with Gasteiger partial charge in [0.1, 0.15) is 11.9 Å². The molecule has 0 heterocycles. The van der Waals surface area contributed by atoms with Crippen LogP contribution in [-0.4, -0.2) is 11.9 Å². The van der Waals surface area contributed by atoms with Crippen molar-refractivity contribution in [1.29, 1.82) is 0 Å². The van der Waals surface area contributed by atoms with Gasteiger partial charge in [0.25, 0.3) is 0 Å². The first-order valence-electron chi connectivity index (χ1n) is 3.60. The fourth-order valence-corrected chi connectivity index (χ4v) is 0.867. The second kappa shape index (κ2) is 5.63. The van der Waals surface area contributed by atoms with Gasteiger partial charge in [-0.1, -0.05) is 30.3 Å². The summed E-state index contributed by atoms with van der Waals surface area (Å²) in [5.41, 5.74) is 0.525. The maximum absolute atomic E-state index is 11.5. The fraction of sp³-hybridized carbons (Fsp3) is 0. The molecule has 1 rings (SSSR count). The molecule has 4 nitrogen and oxygen atoms in total. The number of hydrogen-bond acceptors (Lipinski definition) is 4. The summed E-state index contributed by atoms with van der Waals surface area (Å²) in [6.45, 7) is 0. The van der Waals surface area contributed by atoms with Crippen molar-refractivity contribution in [3.63, 3.8) is 0 Å². The lowest BCUT2D eigenvalue weighted by Crippen LogP contribution is -2.02. The lowest BCUT2D eigenvalue weighted by atomic mass is 10.1. The quantitative estimate of drug-likeness (QED) is 0.552. The molecule has 0 aliphatic heterocycles. The summed E-state index contributed by atoms with van der Waals surface area (Å²) in [6.07, 6.45) is 0.884. The highest BCUT2D eigenvalue weighted by Gasteiger charge is 2.01. The van der Waals surface area contributed by atoms with Gasteiger partial charge in [-0.05, 0) is 10.3 Å². The Balaban J connectivity index is 2.90. The highest BCUT2D eigenvalue weighted by atomic mass is 19.3. The number of benzene rings is 1. The smallest absolute Gasteiger partial charge is 0.136 e. The summed E-state index contributed by atoms with van der Waals surface area (Å²) in [7, 11) is 0. The van der Waals surface area contributed by atoms with Gasteiger partial charge in [0.2, 0.25) is 0 Å². The first-order valence-corrected chi connectivity index (χ1v) is 3.60. The molecular weight excluding hydrogens is 194 g/mol. The fourth-order valence-electron chi connectivity index (χ4n) is 0.867. The molecule has 0 unspecified atom stereocenters. The molecule has 0 amide bonds. The van der Waals surface area contributed by atoms with Crippen molar-refractivity contribution in [2.45, 2.75) is 0 Å². The van der Waals surface area contributed by atoms with Gasteiger partial charge in [-0.25, -0.2) is 0 Å². The van der Waals surface area contributed by atoms with Crippen LogP contribution in [0.3, 0.4) is 0 Å². The largest absolute Gasteiger partial charge is 0.174 e. The number of hydrogen-bond donors (Lipinski definition) is 0. The highest BCUT2D eigenvalue weighted by molar-refractivity contribution is 6.37. The van der Waals surface area contributed by atoms with E-state index in [4.69, 9.17) is 0 Å². The van der Waals surface area contributed by atoms with Crippen molar-refractivity contribution in [1.82, 2.24) is 0 Å². The first-order chi connectivity index (χ1) is 6.88. The van der Waals surface area contributed by atoms with Crippen molar-refractivity contribution in [2.24, 2.45) is 10.3 Å². The van der Waals surface area contributed by atoms with E-state index in [0.29, 0.717) is 5.56 Å². The van der Waals surface area contributed by atoms with E-state index in [9.17, 15) is 9.05 Å². The maximum atomic E-state index is 11.5. The zero-order valence-corrected chi connectivity index (χ0v) is 6.93. The molecule has 0 aliphatic rings. The monoisotopic (exact) mass is 200 g/mol. The number of rotatable bonds is 4. The van der Waals surface area contributed by atoms with E-state index in [1.165, 1.54) is 0 Å². The van der Waals surface area contributed by atoms with Gasteiger partial charge in [-0.15, -0.1) is 0 Å². The summed E-state index contributed by atoms with van der Waals surface area (Å²) in [5.74, 6) is 0. The van der Waals surface area contributed by atoms with Crippen LogP contribution in [0.15, 0.2) is 40.6 Å². The third-order valence-corrected chi connectivity index (χ3v) is 1.42. The van der Waals surface area contributed by atoms with Crippen molar-refractivity contribution >= 4 is 11.9 Å². The van der Waals surface area contributed by atoms with Gasteiger partial charge >= 0.3 is 0 Å². The third-order valence-electron chi connectivity index (χ3n) is 1.42. The molecule has 0 saturated heterocycles. The Bertz CT molecular complexity index is 327. The Labute approximate surface area is 78.2 Å². The van der Waals surface area contributed by atoms with Crippen LogP contribution in [-0.2, 0) is 10.1 Å². The molecule has 1 aromatic rings. The maximum Gasteiger partial charge on any atom is 0.136 e. The van der Waals surface area contributed by atoms with Gasteiger partial charge < -0.3 is 0 Å². The summed E-state index contributed by atoms with van der Waals surface area (Å²) in [4.78, 5) is 0. The highest BCUT2D eigenvalue weighted by Crippen LogP contribution is 2.00. The minimum atomic E-state index is 0.00532. The van der Waals surface area contributed by atoms with Crippen LogP contribution < -0.4 is 0 Å². The van der Waals surface area contributed by atoms with Crippen LogP contribution in [0.2, 0.25) is 0 Å². The van der Waals surface area contributed by atoms with Crippen molar-refractivity contribution in [3.8, 4) is 0 Å². The first kappa shape index (κ1) is 10.1. The van der Waals surface area contributed by atoms with E-state index >= 15 is 0 Å². The lowest BCUT2D eigenvalue weighted by molar-refractivity contribution is -0.132. The van der Waals surface area contributed by atoms with Crippen LogP contribution in [0.5, 0.6) is 0 Å². The molecule has 0 bridgehead atoms. The summed E-state index contributed by atoms with van der Waals surface area (Å²) in [6, 6.07) is 8.42.